The molecular formula is C15H12ClN3. The van der Waals surface area contributed by atoms with Crippen LogP contribution in [0.4, 0.5) is 0 Å². The zero-order chi connectivity index (χ0) is 13.1. The minimum absolute atomic E-state index is 0.474. The number of halogens is 1. The molecule has 0 saturated carbocycles. The summed E-state index contributed by atoms with van der Waals surface area (Å²) in [6, 6.07) is 14.0. The minimum Gasteiger partial charge on any atom is -0.237 e. The lowest BCUT2D eigenvalue weighted by Gasteiger charge is -2.00. The van der Waals surface area contributed by atoms with Crippen molar-refractivity contribution in [2.45, 2.75) is 5.88 Å². The fourth-order valence-electron chi connectivity index (χ4n) is 1.86. The highest BCUT2D eigenvalue weighted by atomic mass is 35.5. The van der Waals surface area contributed by atoms with Crippen molar-refractivity contribution in [3.8, 4) is 16.9 Å². The van der Waals surface area contributed by atoms with Crippen molar-refractivity contribution in [2.75, 3.05) is 0 Å². The number of hydrogen-bond acceptors (Lipinski definition) is 2. The Bertz CT molecular complexity index is 659. The molecule has 0 atom stereocenters. The third-order valence-electron chi connectivity index (χ3n) is 2.89. The molecule has 0 unspecified atom stereocenters. The van der Waals surface area contributed by atoms with Crippen LogP contribution in [0.5, 0.6) is 0 Å². The van der Waals surface area contributed by atoms with Gasteiger partial charge in [0.25, 0.3) is 0 Å². The second-order valence-electron chi connectivity index (χ2n) is 4.20. The molecule has 0 aliphatic heterocycles. The average Bonchev–Trinajstić information content (AvgIpc) is 2.98. The first-order valence-electron chi connectivity index (χ1n) is 5.98. The fourth-order valence-corrected chi connectivity index (χ4v) is 2.02. The van der Waals surface area contributed by atoms with E-state index in [1.165, 1.54) is 0 Å². The van der Waals surface area contributed by atoms with E-state index in [2.05, 4.69) is 22.2 Å². The molecule has 0 aliphatic carbocycles. The van der Waals surface area contributed by atoms with Gasteiger partial charge in [-0.15, -0.1) is 11.6 Å². The molecule has 0 amide bonds. The maximum Gasteiger partial charge on any atom is 0.153 e. The largest absolute Gasteiger partial charge is 0.237 e. The summed E-state index contributed by atoms with van der Waals surface area (Å²) in [5.74, 6) is 1.26. The Hall–Kier alpha value is -2.13. The second kappa shape index (κ2) is 5.24. The van der Waals surface area contributed by atoms with Gasteiger partial charge in [0.05, 0.1) is 6.20 Å². The van der Waals surface area contributed by atoms with Gasteiger partial charge < -0.3 is 0 Å². The van der Waals surface area contributed by atoms with E-state index in [0.29, 0.717) is 5.88 Å². The van der Waals surface area contributed by atoms with Gasteiger partial charge in [0.2, 0.25) is 0 Å². The SMILES string of the molecule is ClCc1ccc(-n2cc(-c3ccccc3)cn2)nc1. The topological polar surface area (TPSA) is 30.7 Å². The smallest absolute Gasteiger partial charge is 0.153 e. The Morgan fingerprint density at radius 1 is 0.947 bits per heavy atom. The highest BCUT2D eigenvalue weighted by Gasteiger charge is 2.03. The van der Waals surface area contributed by atoms with Crippen molar-refractivity contribution in [1.29, 1.82) is 0 Å². The van der Waals surface area contributed by atoms with Crippen molar-refractivity contribution in [3.63, 3.8) is 0 Å². The van der Waals surface area contributed by atoms with Gasteiger partial charge in [0.1, 0.15) is 0 Å². The first-order valence-corrected chi connectivity index (χ1v) is 6.51. The van der Waals surface area contributed by atoms with Gasteiger partial charge >= 0.3 is 0 Å². The molecule has 0 saturated heterocycles. The summed E-state index contributed by atoms with van der Waals surface area (Å²) in [6.45, 7) is 0. The van der Waals surface area contributed by atoms with Gasteiger partial charge in [-0.2, -0.15) is 5.10 Å². The molecule has 3 rings (SSSR count). The predicted octanol–water partition coefficient (Wildman–Crippen LogP) is 3.67. The summed E-state index contributed by atoms with van der Waals surface area (Å²) in [5, 5.41) is 4.34. The standard InChI is InChI=1S/C15H12ClN3/c16-8-12-6-7-15(17-9-12)19-11-14(10-18-19)13-4-2-1-3-5-13/h1-7,9-11H,8H2. The van der Waals surface area contributed by atoms with Crippen molar-refractivity contribution in [2.24, 2.45) is 0 Å². The number of rotatable bonds is 3. The molecule has 4 heteroatoms. The first-order chi connectivity index (χ1) is 9.36. The van der Waals surface area contributed by atoms with E-state index in [9.17, 15) is 0 Å². The number of alkyl halides is 1. The highest BCUT2D eigenvalue weighted by Crippen LogP contribution is 2.19. The molecule has 0 N–H and O–H groups in total. The molecular weight excluding hydrogens is 258 g/mol. The molecule has 0 bridgehead atoms. The fraction of sp³-hybridized carbons (Fsp3) is 0.0667. The third kappa shape index (κ3) is 2.51. The van der Waals surface area contributed by atoms with Crippen LogP contribution in [0.25, 0.3) is 16.9 Å². The second-order valence-corrected chi connectivity index (χ2v) is 4.47. The average molecular weight is 270 g/mol. The summed E-state index contributed by atoms with van der Waals surface area (Å²) >= 11 is 5.75. The van der Waals surface area contributed by atoms with Crippen LogP contribution in [0.3, 0.4) is 0 Å². The maximum absolute atomic E-state index is 5.75. The van der Waals surface area contributed by atoms with Gasteiger partial charge in [-0.05, 0) is 17.2 Å². The number of hydrogen-bond donors (Lipinski definition) is 0. The molecule has 94 valence electrons. The summed E-state index contributed by atoms with van der Waals surface area (Å²) in [6.07, 6.45) is 5.58. The molecule has 0 fully saturated rings. The van der Waals surface area contributed by atoms with Gasteiger partial charge in [0.15, 0.2) is 5.82 Å². The van der Waals surface area contributed by atoms with Crippen LogP contribution in [-0.2, 0) is 5.88 Å². The van der Waals surface area contributed by atoms with Crippen LogP contribution >= 0.6 is 11.6 Å². The maximum atomic E-state index is 5.75. The summed E-state index contributed by atoms with van der Waals surface area (Å²) in [4.78, 5) is 4.34. The first kappa shape index (κ1) is 11.9. The van der Waals surface area contributed by atoms with Gasteiger partial charge in [0, 0.05) is 23.8 Å². The number of pyridine rings is 1. The number of benzene rings is 1. The quantitative estimate of drug-likeness (QED) is 0.679. The lowest BCUT2D eigenvalue weighted by atomic mass is 10.1. The van der Waals surface area contributed by atoms with Crippen LogP contribution in [0.2, 0.25) is 0 Å². The van der Waals surface area contributed by atoms with E-state index in [1.807, 2.05) is 42.7 Å². The monoisotopic (exact) mass is 269 g/mol. The van der Waals surface area contributed by atoms with Crippen LogP contribution in [0.1, 0.15) is 5.56 Å². The minimum atomic E-state index is 0.474. The molecule has 0 aliphatic rings. The van der Waals surface area contributed by atoms with Gasteiger partial charge in [-0.25, -0.2) is 9.67 Å². The van der Waals surface area contributed by atoms with Crippen molar-refractivity contribution in [1.82, 2.24) is 14.8 Å². The molecule has 0 radical (unpaired) electrons. The molecule has 0 spiro atoms. The Kier molecular flexibility index (Phi) is 3.29. The van der Waals surface area contributed by atoms with E-state index in [1.54, 1.807) is 10.9 Å². The zero-order valence-corrected chi connectivity index (χ0v) is 11.0. The molecule has 3 nitrogen and oxygen atoms in total. The lowest BCUT2D eigenvalue weighted by molar-refractivity contribution is 0.845. The van der Waals surface area contributed by atoms with Crippen LogP contribution < -0.4 is 0 Å². The van der Waals surface area contributed by atoms with Crippen LogP contribution in [0, 0.1) is 0 Å². The van der Waals surface area contributed by atoms with E-state index >= 15 is 0 Å². The lowest BCUT2D eigenvalue weighted by Crippen LogP contribution is -1.97. The highest BCUT2D eigenvalue weighted by molar-refractivity contribution is 6.17. The van der Waals surface area contributed by atoms with E-state index in [-0.39, 0.29) is 0 Å². The van der Waals surface area contributed by atoms with E-state index in [0.717, 1.165) is 22.5 Å². The Labute approximate surface area is 116 Å². The molecule has 2 heterocycles. The Balaban J connectivity index is 1.92. The van der Waals surface area contributed by atoms with Crippen LogP contribution in [0.15, 0.2) is 61.1 Å². The zero-order valence-electron chi connectivity index (χ0n) is 10.2. The van der Waals surface area contributed by atoms with Crippen molar-refractivity contribution >= 4 is 11.6 Å². The normalized spacial score (nSPS) is 10.6. The number of nitrogens with zero attached hydrogens (tertiary/aromatic N) is 3. The van der Waals surface area contributed by atoms with Crippen molar-refractivity contribution < 1.29 is 0 Å². The molecule has 19 heavy (non-hydrogen) atoms. The van der Waals surface area contributed by atoms with E-state index in [4.69, 9.17) is 11.6 Å². The van der Waals surface area contributed by atoms with Crippen LogP contribution in [-0.4, -0.2) is 14.8 Å². The molecule has 1 aromatic carbocycles. The predicted molar refractivity (Wildman–Crippen MR) is 76.4 cm³/mol. The summed E-state index contributed by atoms with van der Waals surface area (Å²) in [5.41, 5.74) is 3.22. The summed E-state index contributed by atoms with van der Waals surface area (Å²) in [7, 11) is 0. The Morgan fingerprint density at radius 3 is 2.47 bits per heavy atom. The number of aromatic nitrogens is 3. The molecule has 3 aromatic rings. The van der Waals surface area contributed by atoms with Gasteiger partial charge in [-0.3, -0.25) is 0 Å². The third-order valence-corrected chi connectivity index (χ3v) is 3.20. The Morgan fingerprint density at radius 2 is 1.79 bits per heavy atom. The van der Waals surface area contributed by atoms with Crippen molar-refractivity contribution in [3.05, 3.63) is 66.6 Å². The van der Waals surface area contributed by atoms with E-state index < -0.39 is 0 Å². The molecule has 2 aromatic heterocycles. The van der Waals surface area contributed by atoms with Gasteiger partial charge in [-0.1, -0.05) is 36.4 Å². The summed E-state index contributed by atoms with van der Waals surface area (Å²) < 4.78 is 1.76.